The van der Waals surface area contributed by atoms with Crippen molar-refractivity contribution in [2.24, 2.45) is 7.05 Å². The van der Waals surface area contributed by atoms with Crippen molar-refractivity contribution >= 4 is 34.7 Å². The molecule has 0 aromatic carbocycles. The van der Waals surface area contributed by atoms with Crippen LogP contribution in [0.2, 0.25) is 10.2 Å². The lowest BCUT2D eigenvalue weighted by atomic mass is 10.4. The van der Waals surface area contributed by atoms with Crippen molar-refractivity contribution in [3.63, 3.8) is 0 Å². The van der Waals surface area contributed by atoms with Crippen LogP contribution in [0.3, 0.4) is 0 Å². The second kappa shape index (κ2) is 5.14. The number of rotatable bonds is 4. The Kier molecular flexibility index (Phi) is 3.81. The van der Waals surface area contributed by atoms with Crippen LogP contribution in [0.5, 0.6) is 0 Å². The van der Waals surface area contributed by atoms with Crippen molar-refractivity contribution in [1.82, 2.24) is 19.5 Å². The summed E-state index contributed by atoms with van der Waals surface area (Å²) in [6.45, 7) is 1.39. The molecule has 0 amide bonds. The molecule has 2 rings (SSSR count). The quantitative estimate of drug-likeness (QED) is 0.933. The third-order valence-corrected chi connectivity index (χ3v) is 3.63. The van der Waals surface area contributed by atoms with Crippen molar-refractivity contribution in [3.8, 4) is 0 Å². The van der Waals surface area contributed by atoms with E-state index < -0.39 is 0 Å². The fraction of sp³-hybridized carbons (Fsp3) is 0.333. The van der Waals surface area contributed by atoms with Gasteiger partial charge in [0.1, 0.15) is 5.15 Å². The van der Waals surface area contributed by atoms with E-state index in [0.29, 0.717) is 23.3 Å². The van der Waals surface area contributed by atoms with Crippen molar-refractivity contribution < 1.29 is 0 Å². The molecule has 7 heteroatoms. The standard InChI is InChI=1S/C9H10Cl2N4S/c1-15-7(2-8(10)9(15)11)4-12-3-6-5-16-14-13-6/h2,5,12H,3-4H2,1H3. The molecule has 16 heavy (non-hydrogen) atoms. The molecule has 0 aliphatic heterocycles. The van der Waals surface area contributed by atoms with Crippen LogP contribution in [0.15, 0.2) is 11.4 Å². The number of aromatic nitrogens is 3. The smallest absolute Gasteiger partial charge is 0.127 e. The normalized spacial score (nSPS) is 10.9. The van der Waals surface area contributed by atoms with E-state index in [2.05, 4.69) is 14.9 Å². The first-order chi connectivity index (χ1) is 7.68. The Hall–Kier alpha value is -0.620. The van der Waals surface area contributed by atoms with Crippen LogP contribution < -0.4 is 5.32 Å². The molecule has 0 saturated carbocycles. The topological polar surface area (TPSA) is 42.7 Å². The summed E-state index contributed by atoms with van der Waals surface area (Å²) in [4.78, 5) is 0. The van der Waals surface area contributed by atoms with Gasteiger partial charge < -0.3 is 9.88 Å². The number of nitrogens with zero attached hydrogens (tertiary/aromatic N) is 3. The van der Waals surface area contributed by atoms with Crippen LogP contribution in [-0.2, 0) is 20.1 Å². The summed E-state index contributed by atoms with van der Waals surface area (Å²) in [5.41, 5.74) is 1.98. The van der Waals surface area contributed by atoms with Gasteiger partial charge in [-0.1, -0.05) is 27.7 Å². The van der Waals surface area contributed by atoms with Crippen LogP contribution >= 0.6 is 34.7 Å². The summed E-state index contributed by atoms with van der Waals surface area (Å²) >= 11 is 13.2. The van der Waals surface area contributed by atoms with Gasteiger partial charge in [0.05, 0.1) is 10.7 Å². The van der Waals surface area contributed by atoms with Crippen molar-refractivity contribution in [2.75, 3.05) is 0 Å². The van der Waals surface area contributed by atoms with E-state index in [1.165, 1.54) is 11.5 Å². The van der Waals surface area contributed by atoms with Gasteiger partial charge in [-0.2, -0.15) is 0 Å². The SMILES string of the molecule is Cn1c(CNCc2csnn2)cc(Cl)c1Cl. The van der Waals surface area contributed by atoms with E-state index in [0.717, 1.165) is 11.4 Å². The molecule has 0 aliphatic rings. The lowest BCUT2D eigenvalue weighted by molar-refractivity contribution is 0.644. The van der Waals surface area contributed by atoms with Crippen LogP contribution in [-0.4, -0.2) is 14.2 Å². The Morgan fingerprint density at radius 2 is 2.25 bits per heavy atom. The molecule has 86 valence electrons. The maximum Gasteiger partial charge on any atom is 0.127 e. The largest absolute Gasteiger partial charge is 0.336 e. The van der Waals surface area contributed by atoms with Crippen LogP contribution in [0.4, 0.5) is 0 Å². The second-order valence-corrected chi connectivity index (χ2v) is 4.71. The lowest BCUT2D eigenvalue weighted by Crippen LogP contribution is -2.15. The van der Waals surface area contributed by atoms with Gasteiger partial charge in [0.15, 0.2) is 0 Å². The molecule has 4 nitrogen and oxygen atoms in total. The number of hydrogen-bond donors (Lipinski definition) is 1. The van der Waals surface area contributed by atoms with Gasteiger partial charge in [-0.15, -0.1) is 5.10 Å². The minimum atomic E-state index is 0.564. The molecule has 0 aliphatic carbocycles. The van der Waals surface area contributed by atoms with Gasteiger partial charge in [-0.05, 0) is 17.6 Å². The first-order valence-corrected chi connectivity index (χ1v) is 6.24. The molecule has 0 bridgehead atoms. The highest BCUT2D eigenvalue weighted by molar-refractivity contribution is 7.03. The average molecular weight is 277 g/mol. The zero-order valence-electron chi connectivity index (χ0n) is 8.57. The zero-order valence-corrected chi connectivity index (χ0v) is 10.9. The van der Waals surface area contributed by atoms with Crippen molar-refractivity contribution in [2.45, 2.75) is 13.1 Å². The lowest BCUT2D eigenvalue weighted by Gasteiger charge is -2.04. The summed E-state index contributed by atoms with van der Waals surface area (Å²) in [5.74, 6) is 0. The summed E-state index contributed by atoms with van der Waals surface area (Å²) in [6, 6.07) is 1.86. The molecule has 2 aromatic rings. The van der Waals surface area contributed by atoms with E-state index in [9.17, 15) is 0 Å². The first kappa shape index (κ1) is 11.9. The van der Waals surface area contributed by atoms with Gasteiger partial charge in [-0.3, -0.25) is 0 Å². The van der Waals surface area contributed by atoms with Gasteiger partial charge in [0, 0.05) is 31.2 Å². The highest BCUT2D eigenvalue weighted by atomic mass is 35.5. The predicted octanol–water partition coefficient (Wildman–Crippen LogP) is 2.47. The molecule has 1 N–H and O–H groups in total. The Bertz CT molecular complexity index is 466. The van der Waals surface area contributed by atoms with Crippen molar-refractivity contribution in [3.05, 3.63) is 33.0 Å². The maximum atomic E-state index is 5.96. The van der Waals surface area contributed by atoms with Gasteiger partial charge in [0.2, 0.25) is 0 Å². The number of hydrogen-bond acceptors (Lipinski definition) is 4. The van der Waals surface area contributed by atoms with E-state index in [4.69, 9.17) is 23.2 Å². The fourth-order valence-corrected chi connectivity index (χ4v) is 2.21. The minimum absolute atomic E-state index is 0.564. The minimum Gasteiger partial charge on any atom is -0.336 e. The average Bonchev–Trinajstić information content (AvgIpc) is 2.85. The Balaban J connectivity index is 1.92. The Labute approximate surface area is 107 Å². The number of halogens is 2. The highest BCUT2D eigenvalue weighted by Gasteiger charge is 2.08. The molecular formula is C9H10Cl2N4S. The first-order valence-electron chi connectivity index (χ1n) is 4.64. The molecule has 2 aromatic heterocycles. The maximum absolute atomic E-state index is 5.96. The molecular weight excluding hydrogens is 267 g/mol. The monoisotopic (exact) mass is 276 g/mol. The Morgan fingerprint density at radius 1 is 1.44 bits per heavy atom. The molecule has 0 saturated heterocycles. The second-order valence-electron chi connectivity index (χ2n) is 3.33. The summed E-state index contributed by atoms with van der Waals surface area (Å²) < 4.78 is 5.65. The van der Waals surface area contributed by atoms with Crippen LogP contribution in [0, 0.1) is 0 Å². The van der Waals surface area contributed by atoms with Crippen LogP contribution in [0.1, 0.15) is 11.4 Å². The Morgan fingerprint density at radius 3 is 2.81 bits per heavy atom. The predicted molar refractivity (Wildman–Crippen MR) is 65.9 cm³/mol. The number of nitrogens with one attached hydrogen (secondary N) is 1. The van der Waals surface area contributed by atoms with E-state index in [-0.39, 0.29) is 0 Å². The van der Waals surface area contributed by atoms with Gasteiger partial charge >= 0.3 is 0 Å². The van der Waals surface area contributed by atoms with E-state index in [1.54, 1.807) is 0 Å². The molecule has 0 fully saturated rings. The van der Waals surface area contributed by atoms with Gasteiger partial charge in [-0.25, -0.2) is 0 Å². The molecule has 2 heterocycles. The molecule has 0 unspecified atom stereocenters. The van der Waals surface area contributed by atoms with E-state index >= 15 is 0 Å². The molecule has 0 radical (unpaired) electrons. The summed E-state index contributed by atoms with van der Waals surface area (Å²) in [5, 5.41) is 10.2. The molecule has 0 atom stereocenters. The van der Waals surface area contributed by atoms with Crippen molar-refractivity contribution in [1.29, 1.82) is 0 Å². The van der Waals surface area contributed by atoms with Gasteiger partial charge in [0.25, 0.3) is 0 Å². The summed E-state index contributed by atoms with van der Waals surface area (Å²) in [6.07, 6.45) is 0. The highest BCUT2D eigenvalue weighted by Crippen LogP contribution is 2.24. The fourth-order valence-electron chi connectivity index (χ4n) is 1.34. The third-order valence-electron chi connectivity index (χ3n) is 2.23. The third kappa shape index (κ3) is 2.55. The van der Waals surface area contributed by atoms with Crippen LogP contribution in [0.25, 0.3) is 0 Å². The van der Waals surface area contributed by atoms with E-state index in [1.807, 2.05) is 23.1 Å². The molecule has 0 spiro atoms. The summed E-state index contributed by atoms with van der Waals surface area (Å²) in [7, 11) is 1.88. The zero-order chi connectivity index (χ0) is 11.5.